The number of anilines is 1. The standard InChI is InChI=1S/C17H14N2O6/c1-3-16(20)18-11-4-6-12(7-5-11)25-13-8-9-15(19(22)23)14(10-13)17(21)24-2/h3-10H,1H2,2H3,(H,18,20). The molecule has 0 fully saturated rings. The van der Waals surface area contributed by atoms with Crippen LogP contribution in [-0.2, 0) is 9.53 Å². The number of benzene rings is 2. The molecule has 1 N–H and O–H groups in total. The van der Waals surface area contributed by atoms with Crippen LogP contribution in [0.1, 0.15) is 10.4 Å². The second-order valence-electron chi connectivity index (χ2n) is 4.75. The van der Waals surface area contributed by atoms with E-state index in [1.54, 1.807) is 24.3 Å². The van der Waals surface area contributed by atoms with E-state index < -0.39 is 10.9 Å². The first-order valence-corrected chi connectivity index (χ1v) is 7.02. The molecule has 0 heterocycles. The molecule has 128 valence electrons. The van der Waals surface area contributed by atoms with Gasteiger partial charge in [-0.3, -0.25) is 14.9 Å². The lowest BCUT2D eigenvalue weighted by atomic mass is 10.1. The van der Waals surface area contributed by atoms with Crippen LogP contribution < -0.4 is 10.1 Å². The van der Waals surface area contributed by atoms with E-state index in [2.05, 4.69) is 16.6 Å². The van der Waals surface area contributed by atoms with E-state index in [9.17, 15) is 19.7 Å². The average molecular weight is 342 g/mol. The Bertz CT molecular complexity index is 830. The monoisotopic (exact) mass is 342 g/mol. The van der Waals surface area contributed by atoms with Crippen LogP contribution in [0.2, 0.25) is 0 Å². The van der Waals surface area contributed by atoms with E-state index in [4.69, 9.17) is 4.74 Å². The molecule has 0 radical (unpaired) electrons. The van der Waals surface area contributed by atoms with Crippen LogP contribution in [0.3, 0.4) is 0 Å². The van der Waals surface area contributed by atoms with Crippen LogP contribution in [-0.4, -0.2) is 23.9 Å². The van der Waals surface area contributed by atoms with Crippen LogP contribution >= 0.6 is 0 Å². The van der Waals surface area contributed by atoms with Gasteiger partial charge in [0.1, 0.15) is 17.1 Å². The fourth-order valence-electron chi connectivity index (χ4n) is 1.95. The average Bonchev–Trinajstić information content (AvgIpc) is 2.62. The molecule has 0 saturated carbocycles. The van der Waals surface area contributed by atoms with E-state index >= 15 is 0 Å². The number of rotatable bonds is 6. The molecule has 0 atom stereocenters. The minimum Gasteiger partial charge on any atom is -0.465 e. The smallest absolute Gasteiger partial charge is 0.345 e. The Hall–Kier alpha value is -3.68. The van der Waals surface area contributed by atoms with E-state index in [-0.39, 0.29) is 22.9 Å². The molecule has 0 aliphatic carbocycles. The van der Waals surface area contributed by atoms with Crippen LogP contribution in [0.4, 0.5) is 11.4 Å². The van der Waals surface area contributed by atoms with Gasteiger partial charge in [-0.15, -0.1) is 0 Å². The van der Waals surface area contributed by atoms with Crippen molar-refractivity contribution < 1.29 is 24.0 Å². The maximum atomic E-state index is 11.7. The van der Waals surface area contributed by atoms with Gasteiger partial charge in [0.15, 0.2) is 0 Å². The van der Waals surface area contributed by atoms with Crippen molar-refractivity contribution in [2.24, 2.45) is 0 Å². The van der Waals surface area contributed by atoms with Crippen LogP contribution in [0, 0.1) is 10.1 Å². The highest BCUT2D eigenvalue weighted by molar-refractivity contribution is 5.98. The summed E-state index contributed by atoms with van der Waals surface area (Å²) in [6, 6.07) is 10.2. The highest BCUT2D eigenvalue weighted by atomic mass is 16.6. The number of nitrogens with zero attached hydrogens (tertiary/aromatic N) is 1. The van der Waals surface area contributed by atoms with Gasteiger partial charge in [-0.2, -0.15) is 0 Å². The number of methoxy groups -OCH3 is 1. The Labute approximate surface area is 142 Å². The molecule has 2 aromatic carbocycles. The number of carbonyl (C=O) groups is 2. The molecule has 0 bridgehead atoms. The summed E-state index contributed by atoms with van der Waals surface area (Å²) in [5.74, 6) is -0.526. The fourth-order valence-corrected chi connectivity index (χ4v) is 1.95. The Morgan fingerprint density at radius 2 is 1.80 bits per heavy atom. The number of hydrogen-bond acceptors (Lipinski definition) is 6. The fraction of sp³-hybridized carbons (Fsp3) is 0.0588. The zero-order valence-corrected chi connectivity index (χ0v) is 13.2. The summed E-state index contributed by atoms with van der Waals surface area (Å²) in [5, 5.41) is 13.6. The molecule has 1 amide bonds. The third-order valence-electron chi connectivity index (χ3n) is 3.11. The summed E-state index contributed by atoms with van der Waals surface area (Å²) < 4.78 is 10.1. The van der Waals surface area contributed by atoms with Gasteiger partial charge in [-0.1, -0.05) is 6.58 Å². The number of esters is 1. The molecular formula is C17H14N2O6. The van der Waals surface area contributed by atoms with Crippen LogP contribution in [0.15, 0.2) is 55.1 Å². The van der Waals surface area contributed by atoms with Gasteiger partial charge in [0.2, 0.25) is 5.91 Å². The maximum Gasteiger partial charge on any atom is 0.345 e. The lowest BCUT2D eigenvalue weighted by Gasteiger charge is -2.09. The molecule has 0 aliphatic rings. The summed E-state index contributed by atoms with van der Waals surface area (Å²) in [5.41, 5.74) is -0.0299. The summed E-state index contributed by atoms with van der Waals surface area (Å²) in [6.07, 6.45) is 1.15. The van der Waals surface area contributed by atoms with Crippen LogP contribution in [0.5, 0.6) is 11.5 Å². The summed E-state index contributed by atoms with van der Waals surface area (Å²) in [6.45, 7) is 3.36. The molecule has 0 saturated heterocycles. The normalized spacial score (nSPS) is 9.80. The number of nitro groups is 1. The first-order valence-electron chi connectivity index (χ1n) is 7.02. The molecule has 0 aromatic heterocycles. The van der Waals surface area contributed by atoms with E-state index in [0.717, 1.165) is 13.2 Å². The molecule has 0 unspecified atom stereocenters. The molecule has 2 rings (SSSR count). The van der Waals surface area contributed by atoms with Crippen molar-refractivity contribution in [1.82, 2.24) is 0 Å². The zero-order valence-electron chi connectivity index (χ0n) is 13.2. The Kier molecular flexibility index (Phi) is 5.47. The van der Waals surface area contributed by atoms with Gasteiger partial charge in [-0.25, -0.2) is 4.79 Å². The van der Waals surface area contributed by atoms with E-state index in [1.165, 1.54) is 18.2 Å². The second kappa shape index (κ2) is 7.73. The third kappa shape index (κ3) is 4.41. The highest BCUT2D eigenvalue weighted by Crippen LogP contribution is 2.28. The van der Waals surface area contributed by atoms with Gasteiger partial charge in [0.25, 0.3) is 5.69 Å². The number of ether oxygens (including phenoxy) is 2. The largest absolute Gasteiger partial charge is 0.465 e. The van der Waals surface area contributed by atoms with E-state index in [0.29, 0.717) is 11.4 Å². The number of amides is 1. The number of nitrogens with one attached hydrogen (secondary N) is 1. The molecule has 0 spiro atoms. The minimum absolute atomic E-state index is 0.208. The molecule has 8 nitrogen and oxygen atoms in total. The molecule has 2 aromatic rings. The lowest BCUT2D eigenvalue weighted by Crippen LogP contribution is -2.07. The zero-order chi connectivity index (χ0) is 18.4. The van der Waals surface area contributed by atoms with Crippen molar-refractivity contribution in [3.8, 4) is 11.5 Å². The summed E-state index contributed by atoms with van der Waals surface area (Å²) >= 11 is 0. The number of nitro benzene ring substituents is 1. The molecular weight excluding hydrogens is 328 g/mol. The summed E-state index contributed by atoms with van der Waals surface area (Å²) in [4.78, 5) is 33.2. The van der Waals surface area contributed by atoms with Gasteiger partial charge in [-0.05, 0) is 36.4 Å². The third-order valence-corrected chi connectivity index (χ3v) is 3.11. The Morgan fingerprint density at radius 1 is 1.16 bits per heavy atom. The van der Waals surface area contributed by atoms with Crippen molar-refractivity contribution in [2.75, 3.05) is 12.4 Å². The SMILES string of the molecule is C=CC(=O)Nc1ccc(Oc2ccc([N+](=O)[O-])c(C(=O)OC)c2)cc1. The van der Waals surface area contributed by atoms with Gasteiger partial charge >= 0.3 is 5.97 Å². The first kappa shape index (κ1) is 17.7. The topological polar surface area (TPSA) is 108 Å². The predicted octanol–water partition coefficient (Wildman–Crippen LogP) is 3.30. The van der Waals surface area contributed by atoms with Crippen molar-refractivity contribution in [3.05, 3.63) is 70.8 Å². The van der Waals surface area contributed by atoms with Gasteiger partial charge in [0, 0.05) is 17.8 Å². The van der Waals surface area contributed by atoms with Crippen LogP contribution in [0.25, 0.3) is 0 Å². The first-order chi connectivity index (χ1) is 11.9. The minimum atomic E-state index is -0.834. The lowest BCUT2D eigenvalue weighted by molar-refractivity contribution is -0.385. The number of carbonyl (C=O) groups excluding carboxylic acids is 2. The summed E-state index contributed by atoms with van der Waals surface area (Å²) in [7, 11) is 1.13. The van der Waals surface area contributed by atoms with Crippen molar-refractivity contribution in [2.45, 2.75) is 0 Å². The molecule has 0 aliphatic heterocycles. The molecule has 8 heteroatoms. The van der Waals surface area contributed by atoms with Crippen molar-refractivity contribution in [3.63, 3.8) is 0 Å². The Balaban J connectivity index is 2.22. The highest BCUT2D eigenvalue weighted by Gasteiger charge is 2.21. The maximum absolute atomic E-state index is 11.7. The van der Waals surface area contributed by atoms with Crippen molar-refractivity contribution >= 4 is 23.3 Å². The molecule has 25 heavy (non-hydrogen) atoms. The van der Waals surface area contributed by atoms with Gasteiger partial charge in [0.05, 0.1) is 12.0 Å². The Morgan fingerprint density at radius 3 is 2.36 bits per heavy atom. The quantitative estimate of drug-likeness (QED) is 0.373. The van der Waals surface area contributed by atoms with Crippen molar-refractivity contribution in [1.29, 1.82) is 0 Å². The van der Waals surface area contributed by atoms with Gasteiger partial charge < -0.3 is 14.8 Å². The predicted molar refractivity (Wildman–Crippen MR) is 89.8 cm³/mol. The van der Waals surface area contributed by atoms with E-state index in [1.807, 2.05) is 0 Å². The second-order valence-corrected chi connectivity index (χ2v) is 4.75. The number of hydrogen-bond donors (Lipinski definition) is 1.